The van der Waals surface area contributed by atoms with Crippen LogP contribution in [0.3, 0.4) is 0 Å². The normalized spacial score (nSPS) is 12.8. The summed E-state index contributed by atoms with van der Waals surface area (Å²) in [6, 6.07) is 23.6. The molecule has 2 unspecified atom stereocenters. The van der Waals surface area contributed by atoms with E-state index in [1.165, 1.54) is 0 Å². The van der Waals surface area contributed by atoms with E-state index in [0.29, 0.717) is 23.4 Å². The molecular weight excluding hydrogens is 523 g/mol. The number of carbonyl (C=O) groups is 1. The molecule has 1 aromatic heterocycles. The molecular formula is C29H26ClN2O5P. The number of carboxylic acid groups (broad SMARTS) is 1. The number of nitrogens with zero attached hydrogens (tertiary/aromatic N) is 2. The number of aromatic nitrogens is 1. The van der Waals surface area contributed by atoms with E-state index in [-0.39, 0.29) is 12.2 Å². The second-order valence-corrected chi connectivity index (χ2v) is 9.72. The molecule has 1 N–H and O–H groups in total. The molecule has 7 nitrogen and oxygen atoms in total. The summed E-state index contributed by atoms with van der Waals surface area (Å²) >= 11 is 6.11. The van der Waals surface area contributed by atoms with E-state index in [9.17, 15) is 14.8 Å². The molecule has 0 aliphatic carbocycles. The summed E-state index contributed by atoms with van der Waals surface area (Å²) in [4.78, 5) is 33.5. The lowest BCUT2D eigenvalue weighted by atomic mass is 9.96. The largest absolute Gasteiger partial charge is 0.581 e. The predicted octanol–water partition coefficient (Wildman–Crippen LogP) is 7.25. The molecule has 0 aliphatic heterocycles. The molecule has 0 spiro atoms. The molecule has 3 aromatic carbocycles. The van der Waals surface area contributed by atoms with Gasteiger partial charge in [0.1, 0.15) is 6.04 Å². The maximum absolute atomic E-state index is 12.4. The Morgan fingerprint density at radius 1 is 1.11 bits per heavy atom. The lowest BCUT2D eigenvalue weighted by Crippen LogP contribution is -2.05. The number of pyridine rings is 1. The first-order valence-electron chi connectivity index (χ1n) is 12.1. The van der Waals surface area contributed by atoms with Crippen LogP contribution in [0, 0.1) is 0 Å². The van der Waals surface area contributed by atoms with Crippen molar-refractivity contribution < 1.29 is 24.4 Å². The number of benzene rings is 3. The molecule has 9 heteroatoms. The van der Waals surface area contributed by atoms with Crippen LogP contribution in [0.1, 0.15) is 52.1 Å². The number of halogens is 1. The van der Waals surface area contributed by atoms with E-state index in [1.54, 1.807) is 31.2 Å². The van der Waals surface area contributed by atoms with E-state index in [2.05, 4.69) is 9.73 Å². The van der Waals surface area contributed by atoms with Crippen LogP contribution in [-0.2, 0) is 16.0 Å². The van der Waals surface area contributed by atoms with E-state index in [1.807, 2.05) is 66.7 Å². The van der Waals surface area contributed by atoms with Crippen molar-refractivity contribution in [3.05, 3.63) is 112 Å². The SMILES string of the molecule is CCOO[P+]([O-])=NC(CCc1ccccc1C(=O)O)c1cccc(/C=C/c2ccc3ccc(Cl)cc3n2)c1. The van der Waals surface area contributed by atoms with Gasteiger partial charge in [-0.2, -0.15) is 4.89 Å². The molecule has 0 saturated heterocycles. The quantitative estimate of drug-likeness (QED) is 0.120. The van der Waals surface area contributed by atoms with E-state index in [4.69, 9.17) is 21.2 Å². The summed E-state index contributed by atoms with van der Waals surface area (Å²) in [6.45, 7) is 1.96. The van der Waals surface area contributed by atoms with E-state index in [0.717, 1.165) is 27.7 Å². The van der Waals surface area contributed by atoms with E-state index < -0.39 is 20.2 Å². The van der Waals surface area contributed by atoms with Gasteiger partial charge in [0.25, 0.3) is 0 Å². The van der Waals surface area contributed by atoms with Crippen molar-refractivity contribution >= 4 is 48.8 Å². The van der Waals surface area contributed by atoms with Crippen LogP contribution in [0.5, 0.6) is 0 Å². The third-order valence-corrected chi connectivity index (χ3v) is 6.76. The Morgan fingerprint density at radius 2 is 1.92 bits per heavy atom. The Bertz CT molecular complexity index is 1490. The molecule has 2 atom stereocenters. The maximum atomic E-state index is 12.4. The summed E-state index contributed by atoms with van der Waals surface area (Å²) in [7, 11) is -2.43. The number of rotatable bonds is 11. The Hall–Kier alpha value is -3.45. The molecule has 0 fully saturated rings. The van der Waals surface area contributed by atoms with Gasteiger partial charge in [-0.1, -0.05) is 71.0 Å². The van der Waals surface area contributed by atoms with Crippen LogP contribution in [0.4, 0.5) is 0 Å². The Kier molecular flexibility index (Phi) is 9.71. The lowest BCUT2D eigenvalue weighted by molar-refractivity contribution is -0.262. The van der Waals surface area contributed by atoms with Gasteiger partial charge >= 0.3 is 14.1 Å². The van der Waals surface area contributed by atoms with Gasteiger partial charge in [-0.05, 0) is 72.9 Å². The third kappa shape index (κ3) is 7.54. The number of fused-ring (bicyclic) bond motifs is 1. The van der Waals surface area contributed by atoms with E-state index >= 15 is 0 Å². The summed E-state index contributed by atoms with van der Waals surface area (Å²) in [5, 5.41) is 11.2. The fourth-order valence-corrected chi connectivity index (χ4v) is 4.89. The summed E-state index contributed by atoms with van der Waals surface area (Å²) in [6.07, 6.45) is 4.71. The van der Waals surface area contributed by atoms with Crippen molar-refractivity contribution in [3.8, 4) is 0 Å². The van der Waals surface area contributed by atoms with Crippen LogP contribution in [0.25, 0.3) is 23.1 Å². The zero-order chi connectivity index (χ0) is 26.9. The summed E-state index contributed by atoms with van der Waals surface area (Å²) < 4.78 is 9.19. The fourth-order valence-electron chi connectivity index (χ4n) is 4.01. The van der Waals surface area contributed by atoms with Gasteiger partial charge in [0.05, 0.1) is 23.4 Å². The number of hydrogen-bond donors (Lipinski definition) is 1. The molecule has 38 heavy (non-hydrogen) atoms. The minimum absolute atomic E-state index is 0.238. The summed E-state index contributed by atoms with van der Waals surface area (Å²) in [5.41, 5.74) is 4.24. The molecule has 1 heterocycles. The standard InChI is InChI=1S/C29H26ClN2O5P/c1-2-36-37-38(35)32-27(17-13-21-7-3-4-9-26(21)29(33)34)23-8-5-6-20(18-23)10-15-25-16-12-22-11-14-24(30)19-28(22)31-25/h3-12,14-16,18-19,27H,2,13,17H2,1H3,(H,33,34)/b15-10+. The average molecular weight is 549 g/mol. The average Bonchev–Trinajstić information content (AvgIpc) is 2.93. The minimum atomic E-state index is -2.43. The number of aromatic carboxylic acids is 1. The highest BCUT2D eigenvalue weighted by atomic mass is 35.5. The second kappa shape index (κ2) is 13.4. The Morgan fingerprint density at radius 3 is 2.74 bits per heavy atom. The highest BCUT2D eigenvalue weighted by Crippen LogP contribution is 2.32. The molecule has 0 radical (unpaired) electrons. The first kappa shape index (κ1) is 27.6. The van der Waals surface area contributed by atoms with Crippen LogP contribution >= 0.6 is 19.8 Å². The van der Waals surface area contributed by atoms with Crippen molar-refractivity contribution in [2.75, 3.05) is 6.61 Å². The van der Waals surface area contributed by atoms with Gasteiger partial charge in [0.2, 0.25) is 0 Å². The predicted molar refractivity (Wildman–Crippen MR) is 149 cm³/mol. The molecule has 0 aliphatic rings. The van der Waals surface area contributed by atoms with Crippen molar-refractivity contribution in [1.29, 1.82) is 0 Å². The molecule has 194 valence electrons. The van der Waals surface area contributed by atoms with Crippen LogP contribution in [0.15, 0.2) is 83.6 Å². The lowest BCUT2D eigenvalue weighted by Gasteiger charge is -2.13. The van der Waals surface area contributed by atoms with Gasteiger partial charge in [0.15, 0.2) is 0 Å². The van der Waals surface area contributed by atoms with Gasteiger partial charge in [-0.25, -0.2) is 9.78 Å². The number of hydrogen-bond acceptors (Lipinski definition) is 6. The highest BCUT2D eigenvalue weighted by Gasteiger charge is 2.18. The van der Waals surface area contributed by atoms with Crippen molar-refractivity contribution in [3.63, 3.8) is 0 Å². The van der Waals surface area contributed by atoms with Crippen LogP contribution in [0.2, 0.25) is 5.02 Å². The Balaban J connectivity index is 1.58. The monoisotopic (exact) mass is 548 g/mol. The first-order chi connectivity index (χ1) is 18.4. The van der Waals surface area contributed by atoms with Crippen molar-refractivity contribution in [2.24, 2.45) is 4.74 Å². The molecule has 0 amide bonds. The van der Waals surface area contributed by atoms with Gasteiger partial charge in [0, 0.05) is 15.1 Å². The zero-order valence-corrected chi connectivity index (χ0v) is 22.3. The summed E-state index contributed by atoms with van der Waals surface area (Å²) in [5.74, 6) is -0.989. The maximum Gasteiger partial charge on any atom is 0.382 e. The van der Waals surface area contributed by atoms with Gasteiger partial charge in [-0.15, -0.1) is 0 Å². The second-order valence-electron chi connectivity index (χ2n) is 8.43. The minimum Gasteiger partial charge on any atom is -0.581 e. The van der Waals surface area contributed by atoms with Gasteiger partial charge < -0.3 is 10.00 Å². The topological polar surface area (TPSA) is 104 Å². The number of aryl methyl sites for hydroxylation is 1. The molecule has 4 aromatic rings. The zero-order valence-electron chi connectivity index (χ0n) is 20.7. The first-order valence-corrected chi connectivity index (χ1v) is 13.6. The van der Waals surface area contributed by atoms with Crippen LogP contribution in [-0.4, -0.2) is 22.7 Å². The molecule has 4 rings (SSSR count). The van der Waals surface area contributed by atoms with Gasteiger partial charge in [-0.3, -0.25) is 0 Å². The third-order valence-electron chi connectivity index (χ3n) is 5.82. The smallest absolute Gasteiger partial charge is 0.382 e. The van der Waals surface area contributed by atoms with Crippen molar-refractivity contribution in [1.82, 2.24) is 4.98 Å². The molecule has 0 bridgehead atoms. The van der Waals surface area contributed by atoms with Crippen LogP contribution < -0.4 is 4.89 Å². The molecule has 0 saturated carbocycles. The number of carboxylic acids is 1. The Labute approximate surface area is 226 Å². The highest BCUT2D eigenvalue weighted by molar-refractivity contribution is 7.33. The van der Waals surface area contributed by atoms with Crippen molar-refractivity contribution in [2.45, 2.75) is 25.8 Å². The fraction of sp³-hybridized carbons (Fsp3) is 0.172.